The second kappa shape index (κ2) is 4.16. The summed E-state index contributed by atoms with van der Waals surface area (Å²) in [5.41, 5.74) is 0. The van der Waals surface area contributed by atoms with Crippen molar-refractivity contribution in [2.75, 3.05) is 6.54 Å². The monoisotopic (exact) mass is 153 g/mol. The Morgan fingerprint density at radius 3 is 2.82 bits per heavy atom. The Bertz CT molecular complexity index is 128. The van der Waals surface area contributed by atoms with Gasteiger partial charge in [0.1, 0.15) is 6.29 Å². The normalized spacial score (nSPS) is 25.8. The Balaban J connectivity index is 2.54. The first kappa shape index (κ1) is 8.31. The van der Waals surface area contributed by atoms with Gasteiger partial charge in [0.05, 0.1) is 6.04 Å². The Morgan fingerprint density at radius 2 is 2.18 bits per heavy atom. The summed E-state index contributed by atoms with van der Waals surface area (Å²) in [6.45, 7) is 4.68. The van der Waals surface area contributed by atoms with Gasteiger partial charge in [-0.05, 0) is 19.0 Å². The molecule has 1 rings (SSSR count). The van der Waals surface area contributed by atoms with E-state index in [-0.39, 0.29) is 6.04 Å². The highest BCUT2D eigenvalue weighted by Gasteiger charge is 2.15. The van der Waals surface area contributed by atoms with Crippen LogP contribution in [0.5, 0.6) is 0 Å². The summed E-state index contributed by atoms with van der Waals surface area (Å²) >= 11 is 0. The van der Waals surface area contributed by atoms with Crippen molar-refractivity contribution < 1.29 is 4.79 Å². The van der Waals surface area contributed by atoms with Crippen LogP contribution in [0.15, 0.2) is 12.8 Å². The van der Waals surface area contributed by atoms with Gasteiger partial charge < -0.3 is 9.69 Å². The number of likely N-dealkylation sites (tertiary alicyclic amines) is 1. The zero-order chi connectivity index (χ0) is 8.10. The van der Waals surface area contributed by atoms with Crippen LogP contribution in [0.25, 0.3) is 0 Å². The molecule has 1 fully saturated rings. The van der Waals surface area contributed by atoms with Crippen LogP contribution in [-0.2, 0) is 4.79 Å². The topological polar surface area (TPSA) is 20.3 Å². The molecular formula is C9H15NO. The third kappa shape index (κ3) is 2.07. The van der Waals surface area contributed by atoms with E-state index in [9.17, 15) is 4.79 Å². The lowest BCUT2D eigenvalue weighted by Crippen LogP contribution is -2.30. The van der Waals surface area contributed by atoms with Gasteiger partial charge in [-0.3, -0.25) is 0 Å². The molecule has 2 heteroatoms. The fourth-order valence-electron chi connectivity index (χ4n) is 1.53. The number of rotatable bonds is 2. The van der Waals surface area contributed by atoms with E-state index < -0.39 is 0 Å². The van der Waals surface area contributed by atoms with Crippen molar-refractivity contribution in [2.45, 2.75) is 31.7 Å². The van der Waals surface area contributed by atoms with Crippen LogP contribution in [0.1, 0.15) is 25.7 Å². The van der Waals surface area contributed by atoms with Gasteiger partial charge in [-0.25, -0.2) is 0 Å². The van der Waals surface area contributed by atoms with Crippen molar-refractivity contribution >= 4 is 6.29 Å². The van der Waals surface area contributed by atoms with Gasteiger partial charge in [-0.2, -0.15) is 0 Å². The first-order valence-corrected chi connectivity index (χ1v) is 4.22. The SMILES string of the molecule is C=CN1CCCCCC1C=O. The summed E-state index contributed by atoms with van der Waals surface area (Å²) < 4.78 is 0. The van der Waals surface area contributed by atoms with Crippen LogP contribution in [-0.4, -0.2) is 23.8 Å². The standard InChI is InChI=1S/C9H15NO/c1-2-10-7-5-3-4-6-9(10)8-11/h2,8-9H,1,3-7H2. The van der Waals surface area contributed by atoms with Gasteiger partial charge in [0.15, 0.2) is 0 Å². The molecule has 0 radical (unpaired) electrons. The smallest absolute Gasteiger partial charge is 0.142 e. The quantitative estimate of drug-likeness (QED) is 0.561. The van der Waals surface area contributed by atoms with E-state index in [0.717, 1.165) is 19.3 Å². The van der Waals surface area contributed by atoms with E-state index >= 15 is 0 Å². The lowest BCUT2D eigenvalue weighted by atomic mass is 10.1. The molecule has 1 atom stereocenters. The van der Waals surface area contributed by atoms with Crippen molar-refractivity contribution in [3.05, 3.63) is 12.8 Å². The number of carbonyl (C=O) groups excluding carboxylic acids is 1. The molecule has 0 aliphatic carbocycles. The first-order valence-electron chi connectivity index (χ1n) is 4.22. The second-order valence-electron chi connectivity index (χ2n) is 2.97. The molecule has 0 amide bonds. The fourth-order valence-corrected chi connectivity index (χ4v) is 1.53. The molecule has 0 aromatic heterocycles. The summed E-state index contributed by atoms with van der Waals surface area (Å²) in [6, 6.07) is 0.0926. The van der Waals surface area contributed by atoms with Crippen molar-refractivity contribution in [2.24, 2.45) is 0 Å². The minimum absolute atomic E-state index is 0.0926. The maximum Gasteiger partial charge on any atom is 0.142 e. The second-order valence-corrected chi connectivity index (χ2v) is 2.97. The highest BCUT2D eigenvalue weighted by molar-refractivity contribution is 5.57. The maximum atomic E-state index is 10.6. The van der Waals surface area contributed by atoms with Crippen molar-refractivity contribution in [3.63, 3.8) is 0 Å². The van der Waals surface area contributed by atoms with Crippen molar-refractivity contribution in [1.29, 1.82) is 0 Å². The molecule has 0 N–H and O–H groups in total. The van der Waals surface area contributed by atoms with Crippen LogP contribution >= 0.6 is 0 Å². The van der Waals surface area contributed by atoms with E-state index in [4.69, 9.17) is 0 Å². The third-order valence-corrected chi connectivity index (χ3v) is 2.23. The number of hydrogen-bond acceptors (Lipinski definition) is 2. The lowest BCUT2D eigenvalue weighted by molar-refractivity contribution is -0.111. The Morgan fingerprint density at radius 1 is 1.36 bits per heavy atom. The average molecular weight is 153 g/mol. The molecule has 0 spiro atoms. The Hall–Kier alpha value is -0.790. The van der Waals surface area contributed by atoms with E-state index in [2.05, 4.69) is 6.58 Å². The molecule has 62 valence electrons. The van der Waals surface area contributed by atoms with Gasteiger partial charge in [-0.1, -0.05) is 19.4 Å². The van der Waals surface area contributed by atoms with Crippen LogP contribution in [0.4, 0.5) is 0 Å². The molecule has 0 aromatic carbocycles. The van der Waals surface area contributed by atoms with E-state index in [1.54, 1.807) is 6.20 Å². The van der Waals surface area contributed by atoms with E-state index in [1.807, 2.05) is 4.90 Å². The number of nitrogens with zero attached hydrogens (tertiary/aromatic N) is 1. The van der Waals surface area contributed by atoms with E-state index in [0.29, 0.717) is 0 Å². The van der Waals surface area contributed by atoms with Gasteiger partial charge in [-0.15, -0.1) is 0 Å². The number of carbonyl (C=O) groups is 1. The first-order chi connectivity index (χ1) is 5.38. The molecule has 2 nitrogen and oxygen atoms in total. The van der Waals surface area contributed by atoms with Gasteiger partial charge in [0, 0.05) is 6.54 Å². The summed E-state index contributed by atoms with van der Waals surface area (Å²) in [5.74, 6) is 0. The third-order valence-electron chi connectivity index (χ3n) is 2.23. The molecule has 1 saturated heterocycles. The molecule has 0 bridgehead atoms. The lowest BCUT2D eigenvalue weighted by Gasteiger charge is -2.23. The predicted octanol–water partition coefficient (Wildman–Crippen LogP) is 1.57. The highest BCUT2D eigenvalue weighted by Crippen LogP contribution is 2.14. The molecule has 1 heterocycles. The maximum absolute atomic E-state index is 10.6. The average Bonchev–Trinajstić information content (AvgIpc) is 2.27. The van der Waals surface area contributed by atoms with Crippen molar-refractivity contribution in [3.8, 4) is 0 Å². The molecule has 11 heavy (non-hydrogen) atoms. The Kier molecular flexibility index (Phi) is 3.14. The molecular weight excluding hydrogens is 138 g/mol. The minimum Gasteiger partial charge on any atom is -0.368 e. The molecule has 1 aliphatic heterocycles. The predicted molar refractivity (Wildman–Crippen MR) is 45.2 cm³/mol. The van der Waals surface area contributed by atoms with E-state index in [1.165, 1.54) is 19.3 Å². The molecule has 1 aliphatic rings. The highest BCUT2D eigenvalue weighted by atomic mass is 16.1. The zero-order valence-corrected chi connectivity index (χ0v) is 6.83. The molecule has 0 saturated carbocycles. The van der Waals surface area contributed by atoms with Crippen LogP contribution in [0.3, 0.4) is 0 Å². The van der Waals surface area contributed by atoms with Gasteiger partial charge in [0.25, 0.3) is 0 Å². The molecule has 1 unspecified atom stereocenters. The largest absolute Gasteiger partial charge is 0.368 e. The Labute approximate surface area is 67.9 Å². The summed E-state index contributed by atoms with van der Waals surface area (Å²) in [5, 5.41) is 0. The minimum atomic E-state index is 0.0926. The van der Waals surface area contributed by atoms with Crippen molar-refractivity contribution in [1.82, 2.24) is 4.90 Å². The fraction of sp³-hybridized carbons (Fsp3) is 0.667. The number of hydrogen-bond donors (Lipinski definition) is 0. The van der Waals surface area contributed by atoms with Gasteiger partial charge >= 0.3 is 0 Å². The molecule has 0 aromatic rings. The van der Waals surface area contributed by atoms with Crippen LogP contribution < -0.4 is 0 Å². The summed E-state index contributed by atoms with van der Waals surface area (Å²) in [6.07, 6.45) is 7.42. The number of aldehydes is 1. The summed E-state index contributed by atoms with van der Waals surface area (Å²) in [4.78, 5) is 12.6. The van der Waals surface area contributed by atoms with Crippen LogP contribution in [0, 0.1) is 0 Å². The van der Waals surface area contributed by atoms with Gasteiger partial charge in [0.2, 0.25) is 0 Å². The summed E-state index contributed by atoms with van der Waals surface area (Å²) in [7, 11) is 0. The van der Waals surface area contributed by atoms with Crippen LogP contribution in [0.2, 0.25) is 0 Å². The zero-order valence-electron chi connectivity index (χ0n) is 6.83.